The highest BCUT2D eigenvalue weighted by Crippen LogP contribution is 2.31. The van der Waals surface area contributed by atoms with Gasteiger partial charge in [0.15, 0.2) is 5.82 Å². The van der Waals surface area contributed by atoms with Crippen molar-refractivity contribution < 1.29 is 13.9 Å². The molecule has 1 heterocycles. The standard InChI is InChI=1S/C8H2BrClF2N2O/c9-4-3(11)1-2-6(5(4)12)13-8(10)14-7(2)15/h1H,(H,13,14,15). The molecule has 0 aliphatic rings. The maximum Gasteiger partial charge on any atom is 0.226 e. The lowest BCUT2D eigenvalue weighted by Gasteiger charge is -2.03. The molecular weight excluding hydrogens is 293 g/mol. The van der Waals surface area contributed by atoms with Crippen LogP contribution < -0.4 is 0 Å². The summed E-state index contributed by atoms with van der Waals surface area (Å²) in [5, 5.41) is 8.87. The number of aromatic hydroxyl groups is 1. The number of nitrogens with zero attached hydrogens (tertiary/aromatic N) is 2. The Labute approximate surface area is 95.8 Å². The summed E-state index contributed by atoms with van der Waals surface area (Å²) in [4.78, 5) is 6.94. The Bertz CT molecular complexity index is 564. The van der Waals surface area contributed by atoms with E-state index in [2.05, 4.69) is 25.9 Å². The molecule has 2 aromatic rings. The van der Waals surface area contributed by atoms with Crippen molar-refractivity contribution in [3.8, 4) is 5.88 Å². The lowest BCUT2D eigenvalue weighted by atomic mass is 10.2. The molecule has 0 aliphatic carbocycles. The van der Waals surface area contributed by atoms with E-state index in [1.807, 2.05) is 0 Å². The van der Waals surface area contributed by atoms with Gasteiger partial charge in [-0.2, -0.15) is 4.98 Å². The van der Waals surface area contributed by atoms with Gasteiger partial charge in [0.05, 0.1) is 9.86 Å². The summed E-state index contributed by atoms with van der Waals surface area (Å²) in [6.45, 7) is 0. The normalized spacial score (nSPS) is 10.9. The minimum Gasteiger partial charge on any atom is -0.493 e. The van der Waals surface area contributed by atoms with Crippen LogP contribution in [0.25, 0.3) is 10.9 Å². The van der Waals surface area contributed by atoms with E-state index in [0.717, 1.165) is 6.07 Å². The zero-order valence-corrected chi connectivity index (χ0v) is 9.27. The van der Waals surface area contributed by atoms with Crippen LogP contribution in [-0.4, -0.2) is 15.1 Å². The molecule has 0 spiro atoms. The largest absolute Gasteiger partial charge is 0.493 e. The maximum atomic E-state index is 13.5. The number of hydrogen-bond acceptors (Lipinski definition) is 3. The molecule has 0 unspecified atom stereocenters. The molecule has 1 N–H and O–H groups in total. The highest BCUT2D eigenvalue weighted by molar-refractivity contribution is 9.10. The van der Waals surface area contributed by atoms with E-state index in [-0.39, 0.29) is 20.7 Å². The summed E-state index contributed by atoms with van der Waals surface area (Å²) >= 11 is 8.14. The smallest absolute Gasteiger partial charge is 0.226 e. The lowest BCUT2D eigenvalue weighted by molar-refractivity contribution is 0.458. The minimum absolute atomic E-state index is 0.127. The van der Waals surface area contributed by atoms with E-state index in [0.29, 0.717) is 0 Å². The third-order valence-electron chi connectivity index (χ3n) is 1.78. The second-order valence-corrected chi connectivity index (χ2v) is 3.83. The number of rotatable bonds is 0. The average molecular weight is 295 g/mol. The lowest BCUT2D eigenvalue weighted by Crippen LogP contribution is -1.93. The zero-order chi connectivity index (χ0) is 11.2. The Morgan fingerprint density at radius 2 is 2.00 bits per heavy atom. The SMILES string of the molecule is Oc1nc(Cl)nc2c(F)c(Br)c(F)cc12. The van der Waals surface area contributed by atoms with Gasteiger partial charge >= 0.3 is 0 Å². The molecule has 1 aromatic heterocycles. The van der Waals surface area contributed by atoms with E-state index in [1.54, 1.807) is 0 Å². The molecule has 0 amide bonds. The molecule has 0 radical (unpaired) electrons. The second-order valence-electron chi connectivity index (χ2n) is 2.70. The Morgan fingerprint density at radius 3 is 2.67 bits per heavy atom. The summed E-state index contributed by atoms with van der Waals surface area (Å²) in [6.07, 6.45) is 0. The van der Waals surface area contributed by atoms with Crippen LogP contribution in [0.2, 0.25) is 5.28 Å². The molecular formula is C8H2BrClF2N2O. The van der Waals surface area contributed by atoms with Gasteiger partial charge in [-0.3, -0.25) is 0 Å². The Hall–Kier alpha value is -1.01. The summed E-state index contributed by atoms with van der Waals surface area (Å²) in [6, 6.07) is 0.925. The summed E-state index contributed by atoms with van der Waals surface area (Å²) < 4.78 is 26.2. The fourth-order valence-corrected chi connectivity index (χ4v) is 1.60. The molecule has 3 nitrogen and oxygen atoms in total. The van der Waals surface area contributed by atoms with E-state index < -0.39 is 17.5 Å². The number of aromatic nitrogens is 2. The van der Waals surface area contributed by atoms with E-state index in [9.17, 15) is 13.9 Å². The number of benzene rings is 1. The molecule has 78 valence electrons. The van der Waals surface area contributed by atoms with Crippen LogP contribution in [0.4, 0.5) is 8.78 Å². The van der Waals surface area contributed by atoms with Crippen molar-refractivity contribution in [2.75, 3.05) is 0 Å². The van der Waals surface area contributed by atoms with Crippen LogP contribution >= 0.6 is 27.5 Å². The molecule has 0 fully saturated rings. The van der Waals surface area contributed by atoms with Crippen molar-refractivity contribution in [2.24, 2.45) is 0 Å². The monoisotopic (exact) mass is 294 g/mol. The first-order chi connectivity index (χ1) is 7.00. The molecule has 0 bridgehead atoms. The summed E-state index contributed by atoms with van der Waals surface area (Å²) in [5.41, 5.74) is -0.235. The van der Waals surface area contributed by atoms with E-state index >= 15 is 0 Å². The van der Waals surface area contributed by atoms with Gasteiger partial charge in [0.25, 0.3) is 0 Å². The van der Waals surface area contributed by atoms with Gasteiger partial charge < -0.3 is 5.11 Å². The van der Waals surface area contributed by atoms with E-state index in [1.165, 1.54) is 0 Å². The van der Waals surface area contributed by atoms with Crippen LogP contribution in [-0.2, 0) is 0 Å². The molecule has 7 heteroatoms. The molecule has 0 atom stereocenters. The highest BCUT2D eigenvalue weighted by Gasteiger charge is 2.16. The number of hydrogen-bond donors (Lipinski definition) is 1. The van der Waals surface area contributed by atoms with Crippen LogP contribution in [0.1, 0.15) is 0 Å². The zero-order valence-electron chi connectivity index (χ0n) is 6.93. The van der Waals surface area contributed by atoms with Gasteiger partial charge in [-0.15, -0.1) is 0 Å². The van der Waals surface area contributed by atoms with Crippen LogP contribution in [0.5, 0.6) is 5.88 Å². The Balaban J connectivity index is 2.98. The minimum atomic E-state index is -0.926. The van der Waals surface area contributed by atoms with Crippen molar-refractivity contribution in [3.05, 3.63) is 27.5 Å². The average Bonchev–Trinajstić information content (AvgIpc) is 2.17. The van der Waals surface area contributed by atoms with Crippen LogP contribution in [0.3, 0.4) is 0 Å². The third kappa shape index (κ3) is 1.63. The van der Waals surface area contributed by atoms with Gasteiger partial charge in [0.1, 0.15) is 11.3 Å². The summed E-state index contributed by atoms with van der Waals surface area (Å²) in [5.74, 6) is -2.33. The molecule has 0 aliphatic heterocycles. The topological polar surface area (TPSA) is 46.0 Å². The molecule has 15 heavy (non-hydrogen) atoms. The predicted molar refractivity (Wildman–Crippen MR) is 53.8 cm³/mol. The van der Waals surface area contributed by atoms with Crippen molar-refractivity contribution in [1.29, 1.82) is 0 Å². The number of halogens is 4. The molecule has 0 saturated heterocycles. The first-order valence-electron chi connectivity index (χ1n) is 3.70. The van der Waals surface area contributed by atoms with Crippen molar-refractivity contribution in [3.63, 3.8) is 0 Å². The number of fused-ring (bicyclic) bond motifs is 1. The Morgan fingerprint density at radius 1 is 1.33 bits per heavy atom. The first kappa shape index (κ1) is 10.5. The van der Waals surface area contributed by atoms with Crippen molar-refractivity contribution in [1.82, 2.24) is 9.97 Å². The Kier molecular flexibility index (Phi) is 2.47. The maximum absolute atomic E-state index is 13.5. The molecule has 1 aromatic carbocycles. The third-order valence-corrected chi connectivity index (χ3v) is 2.68. The summed E-state index contributed by atoms with van der Waals surface area (Å²) in [7, 11) is 0. The predicted octanol–water partition coefficient (Wildman–Crippen LogP) is 3.03. The van der Waals surface area contributed by atoms with Crippen LogP contribution in [0, 0.1) is 11.6 Å². The van der Waals surface area contributed by atoms with Gasteiger partial charge in [0, 0.05) is 0 Å². The van der Waals surface area contributed by atoms with Gasteiger partial charge in [-0.05, 0) is 33.6 Å². The second kappa shape index (κ2) is 3.53. The van der Waals surface area contributed by atoms with E-state index in [4.69, 9.17) is 11.6 Å². The first-order valence-corrected chi connectivity index (χ1v) is 4.87. The molecule has 0 saturated carbocycles. The van der Waals surface area contributed by atoms with Gasteiger partial charge in [-0.25, -0.2) is 13.8 Å². The fraction of sp³-hybridized carbons (Fsp3) is 0. The van der Waals surface area contributed by atoms with Crippen LogP contribution in [0.15, 0.2) is 10.5 Å². The van der Waals surface area contributed by atoms with Crippen molar-refractivity contribution >= 4 is 38.4 Å². The fourth-order valence-electron chi connectivity index (χ4n) is 1.13. The molecule has 2 rings (SSSR count). The van der Waals surface area contributed by atoms with Crippen molar-refractivity contribution in [2.45, 2.75) is 0 Å². The quantitative estimate of drug-likeness (QED) is 0.600. The highest BCUT2D eigenvalue weighted by atomic mass is 79.9. The van der Waals surface area contributed by atoms with Gasteiger partial charge in [0.2, 0.25) is 11.2 Å². The van der Waals surface area contributed by atoms with Gasteiger partial charge in [-0.1, -0.05) is 0 Å².